The molecule has 1 aliphatic carbocycles. The number of carbonyl (C=O) groups excluding carboxylic acids is 1. The van der Waals surface area contributed by atoms with Crippen LogP contribution in [0.1, 0.15) is 25.8 Å². The van der Waals surface area contributed by atoms with Crippen LogP contribution in [0.3, 0.4) is 0 Å². The first kappa shape index (κ1) is 14.4. The average molecular weight is 277 g/mol. The minimum absolute atomic E-state index is 0.000486. The normalized spacial score (nSPS) is 18.4. The van der Waals surface area contributed by atoms with Gasteiger partial charge in [0.2, 0.25) is 0 Å². The first-order chi connectivity index (χ1) is 9.38. The molecule has 0 aliphatic heterocycles. The van der Waals surface area contributed by atoms with Crippen molar-refractivity contribution in [2.45, 2.75) is 27.2 Å². The first-order valence-electron chi connectivity index (χ1n) is 6.54. The van der Waals surface area contributed by atoms with Crippen LogP contribution in [0.4, 0.5) is 14.5 Å². The molecule has 0 radical (unpaired) electrons. The number of halogens is 2. The van der Waals surface area contributed by atoms with Gasteiger partial charge in [0.1, 0.15) is 11.6 Å². The summed E-state index contributed by atoms with van der Waals surface area (Å²) in [4.78, 5) is 12.1. The topological polar surface area (TPSA) is 29.1 Å². The van der Waals surface area contributed by atoms with Crippen LogP contribution in [0.5, 0.6) is 0 Å². The maximum Gasteiger partial charge on any atom is 0.255 e. The van der Waals surface area contributed by atoms with Gasteiger partial charge in [-0.05, 0) is 37.8 Å². The van der Waals surface area contributed by atoms with E-state index in [9.17, 15) is 13.6 Å². The third-order valence-corrected chi connectivity index (χ3v) is 3.61. The van der Waals surface area contributed by atoms with E-state index in [0.29, 0.717) is 17.1 Å². The van der Waals surface area contributed by atoms with Gasteiger partial charge in [-0.15, -0.1) is 0 Å². The summed E-state index contributed by atoms with van der Waals surface area (Å²) in [7, 11) is 0. The Kier molecular flexibility index (Phi) is 4.02. The number of aryl methyl sites for hydroxylation is 1. The van der Waals surface area contributed by atoms with Gasteiger partial charge >= 0.3 is 0 Å². The van der Waals surface area contributed by atoms with Crippen molar-refractivity contribution >= 4 is 11.6 Å². The van der Waals surface area contributed by atoms with Crippen molar-refractivity contribution in [3.8, 4) is 0 Å². The van der Waals surface area contributed by atoms with E-state index in [0.717, 1.165) is 18.1 Å². The molecule has 0 saturated heterocycles. The molecule has 1 atom stereocenters. The Morgan fingerprint density at radius 2 is 1.95 bits per heavy atom. The van der Waals surface area contributed by atoms with E-state index in [1.54, 1.807) is 6.08 Å². The van der Waals surface area contributed by atoms with Crippen molar-refractivity contribution in [1.29, 1.82) is 0 Å². The van der Waals surface area contributed by atoms with Gasteiger partial charge in [0.15, 0.2) is 0 Å². The summed E-state index contributed by atoms with van der Waals surface area (Å²) in [6.45, 7) is 5.57. The van der Waals surface area contributed by atoms with Gasteiger partial charge in [-0.2, -0.15) is 0 Å². The molecule has 1 aromatic rings. The second-order valence-electron chi connectivity index (χ2n) is 5.22. The lowest BCUT2D eigenvalue weighted by molar-refractivity contribution is -0.112. The van der Waals surface area contributed by atoms with Crippen molar-refractivity contribution in [1.82, 2.24) is 0 Å². The largest absolute Gasteiger partial charge is 0.319 e. The maximum atomic E-state index is 13.6. The Hall–Kier alpha value is -1.97. The number of amides is 1. The number of hydrogen-bond donors (Lipinski definition) is 1. The Morgan fingerprint density at radius 3 is 2.60 bits per heavy atom. The van der Waals surface area contributed by atoms with E-state index in [1.807, 2.05) is 13.0 Å². The van der Waals surface area contributed by atoms with Gasteiger partial charge < -0.3 is 5.32 Å². The molecule has 4 heteroatoms. The van der Waals surface area contributed by atoms with Gasteiger partial charge in [-0.3, -0.25) is 4.79 Å². The van der Waals surface area contributed by atoms with Crippen LogP contribution in [-0.4, -0.2) is 5.91 Å². The minimum atomic E-state index is -0.771. The van der Waals surface area contributed by atoms with Crippen molar-refractivity contribution in [2.24, 2.45) is 5.92 Å². The fraction of sp³-hybridized carbons (Fsp3) is 0.312. The Balaban J connectivity index is 2.19. The summed E-state index contributed by atoms with van der Waals surface area (Å²) in [5.74, 6) is -1.36. The molecule has 106 valence electrons. The van der Waals surface area contributed by atoms with Crippen LogP contribution >= 0.6 is 0 Å². The zero-order chi connectivity index (χ0) is 14.9. The molecule has 1 N–H and O–H groups in total. The third-order valence-electron chi connectivity index (χ3n) is 3.61. The Morgan fingerprint density at radius 1 is 1.25 bits per heavy atom. The molecule has 20 heavy (non-hydrogen) atoms. The van der Waals surface area contributed by atoms with Gasteiger partial charge in [0.05, 0.1) is 5.69 Å². The third kappa shape index (κ3) is 2.95. The maximum absolute atomic E-state index is 13.6. The lowest BCUT2D eigenvalue weighted by atomic mass is 9.91. The van der Waals surface area contributed by atoms with E-state index in [2.05, 4.69) is 12.2 Å². The molecule has 0 spiro atoms. The highest BCUT2D eigenvalue weighted by Gasteiger charge is 2.16. The quantitative estimate of drug-likeness (QED) is 0.865. The second kappa shape index (κ2) is 5.57. The Bertz CT molecular complexity index is 617. The van der Waals surface area contributed by atoms with Gasteiger partial charge in [-0.1, -0.05) is 24.6 Å². The highest BCUT2D eigenvalue weighted by atomic mass is 19.1. The minimum Gasteiger partial charge on any atom is -0.319 e. The molecule has 0 saturated carbocycles. The van der Waals surface area contributed by atoms with Crippen LogP contribution in [0.25, 0.3) is 0 Å². The lowest BCUT2D eigenvalue weighted by Crippen LogP contribution is -2.17. The van der Waals surface area contributed by atoms with E-state index < -0.39 is 11.6 Å². The molecule has 2 nitrogen and oxygen atoms in total. The van der Waals surface area contributed by atoms with E-state index in [1.165, 1.54) is 13.0 Å². The van der Waals surface area contributed by atoms with Crippen molar-refractivity contribution in [3.63, 3.8) is 0 Å². The summed E-state index contributed by atoms with van der Waals surface area (Å²) in [6.07, 6.45) is 4.43. The van der Waals surface area contributed by atoms with Crippen LogP contribution < -0.4 is 5.32 Å². The molecule has 0 aromatic heterocycles. The number of carbonyl (C=O) groups is 1. The monoisotopic (exact) mass is 277 g/mol. The molecule has 0 heterocycles. The van der Waals surface area contributed by atoms with Gasteiger partial charge in [0, 0.05) is 11.6 Å². The number of nitrogens with one attached hydrogen (secondary N) is 1. The number of hydrogen-bond acceptors (Lipinski definition) is 1. The number of allylic oxidation sites excluding steroid dienone is 2. The number of rotatable bonds is 2. The summed E-state index contributed by atoms with van der Waals surface area (Å²) in [5, 5.41) is 2.49. The molecule has 1 aromatic carbocycles. The van der Waals surface area contributed by atoms with Crippen molar-refractivity contribution < 1.29 is 13.6 Å². The van der Waals surface area contributed by atoms with E-state index in [4.69, 9.17) is 0 Å². The fourth-order valence-electron chi connectivity index (χ4n) is 2.04. The molecular weight excluding hydrogens is 260 g/mol. The smallest absolute Gasteiger partial charge is 0.255 e. The van der Waals surface area contributed by atoms with Crippen LogP contribution in [-0.2, 0) is 4.79 Å². The summed E-state index contributed by atoms with van der Waals surface area (Å²) >= 11 is 0. The molecule has 2 rings (SSSR count). The molecule has 1 aliphatic rings. The zero-order valence-corrected chi connectivity index (χ0v) is 11.8. The predicted octanol–water partition coefficient (Wildman–Crippen LogP) is 4.12. The first-order valence-corrected chi connectivity index (χ1v) is 6.54. The second-order valence-corrected chi connectivity index (χ2v) is 5.22. The molecule has 1 unspecified atom stereocenters. The highest BCUT2D eigenvalue weighted by molar-refractivity contribution is 6.06. The van der Waals surface area contributed by atoms with Crippen LogP contribution in [0.2, 0.25) is 0 Å². The van der Waals surface area contributed by atoms with E-state index >= 15 is 0 Å². The van der Waals surface area contributed by atoms with Gasteiger partial charge in [0.25, 0.3) is 5.91 Å². The standard InChI is InChI=1S/C16H17F2NO/c1-9-4-5-12(6-10(9)2)16(20)19-15-7-11(3)13(17)8-14(15)18/h5-9H,4H2,1-3H3,(H,19,20). The molecule has 0 fully saturated rings. The lowest BCUT2D eigenvalue weighted by Gasteiger charge is -2.17. The summed E-state index contributed by atoms with van der Waals surface area (Å²) < 4.78 is 26.8. The van der Waals surface area contributed by atoms with Crippen LogP contribution in [0, 0.1) is 24.5 Å². The summed E-state index contributed by atoms with van der Waals surface area (Å²) in [6, 6.07) is 2.08. The average Bonchev–Trinajstić information content (AvgIpc) is 2.39. The highest BCUT2D eigenvalue weighted by Crippen LogP contribution is 2.25. The van der Waals surface area contributed by atoms with Gasteiger partial charge in [-0.25, -0.2) is 8.78 Å². The Labute approximate surface area is 117 Å². The SMILES string of the molecule is CC1=CC(C(=O)Nc2cc(C)c(F)cc2F)=CCC1C. The van der Waals surface area contributed by atoms with Crippen molar-refractivity contribution in [2.75, 3.05) is 5.32 Å². The molecule has 0 bridgehead atoms. The van der Waals surface area contributed by atoms with Crippen molar-refractivity contribution in [3.05, 3.63) is 52.6 Å². The van der Waals surface area contributed by atoms with Crippen LogP contribution in [0.15, 0.2) is 35.4 Å². The van der Waals surface area contributed by atoms with E-state index in [-0.39, 0.29) is 11.6 Å². The fourth-order valence-corrected chi connectivity index (χ4v) is 2.04. The molecular formula is C16H17F2NO. The molecule has 1 amide bonds. The zero-order valence-electron chi connectivity index (χ0n) is 11.8. The number of anilines is 1. The summed E-state index contributed by atoms with van der Waals surface area (Å²) in [5.41, 5.74) is 1.93. The predicted molar refractivity (Wildman–Crippen MR) is 75.3 cm³/mol. The number of benzene rings is 1.